The molecule has 2 aromatic rings. The molecule has 112 valence electrons. The summed E-state index contributed by atoms with van der Waals surface area (Å²) in [6.07, 6.45) is 0. The Morgan fingerprint density at radius 2 is 1.86 bits per heavy atom. The van der Waals surface area contributed by atoms with Gasteiger partial charge in [0.25, 0.3) is 0 Å². The molecule has 1 N–H and O–H groups in total. The van der Waals surface area contributed by atoms with Crippen molar-refractivity contribution < 1.29 is 17.5 Å². The first kappa shape index (κ1) is 15.8. The van der Waals surface area contributed by atoms with E-state index in [9.17, 15) is 12.8 Å². The molecule has 0 saturated carbocycles. The summed E-state index contributed by atoms with van der Waals surface area (Å²) in [6, 6.07) is 9.79. The molecule has 0 heterocycles. The van der Waals surface area contributed by atoms with Crippen molar-refractivity contribution in [3.8, 4) is 5.75 Å². The predicted molar refractivity (Wildman–Crippen MR) is 78.4 cm³/mol. The topological polar surface area (TPSA) is 55.4 Å². The molecule has 0 fully saturated rings. The van der Waals surface area contributed by atoms with Crippen LogP contribution in [0, 0.1) is 5.82 Å². The summed E-state index contributed by atoms with van der Waals surface area (Å²) in [4.78, 5) is 0.113. The summed E-state index contributed by atoms with van der Waals surface area (Å²) in [5.41, 5.74) is 0.496. The molecule has 0 radical (unpaired) electrons. The summed E-state index contributed by atoms with van der Waals surface area (Å²) < 4.78 is 44.5. The lowest BCUT2D eigenvalue weighted by Crippen LogP contribution is -2.23. The van der Waals surface area contributed by atoms with Crippen LogP contribution in [0.25, 0.3) is 0 Å². The summed E-state index contributed by atoms with van der Waals surface area (Å²) in [5, 5.41) is 0.174. The molecule has 4 nitrogen and oxygen atoms in total. The van der Waals surface area contributed by atoms with Gasteiger partial charge in [-0.25, -0.2) is 17.5 Å². The van der Waals surface area contributed by atoms with E-state index in [4.69, 9.17) is 16.3 Å². The molecule has 2 rings (SSSR count). The summed E-state index contributed by atoms with van der Waals surface area (Å²) in [5.74, 6) is 0.0947. The molecule has 21 heavy (non-hydrogen) atoms. The Morgan fingerprint density at radius 1 is 1.19 bits per heavy atom. The van der Waals surface area contributed by atoms with Crippen LogP contribution >= 0.6 is 11.6 Å². The minimum Gasteiger partial charge on any atom is -0.497 e. The Bertz CT molecular complexity index is 732. The maximum Gasteiger partial charge on any atom is 0.240 e. The zero-order valence-corrected chi connectivity index (χ0v) is 12.7. The van der Waals surface area contributed by atoms with Crippen molar-refractivity contribution in [1.82, 2.24) is 4.72 Å². The molecule has 0 aliphatic heterocycles. The first-order valence-corrected chi connectivity index (χ1v) is 7.86. The minimum absolute atomic E-state index is 0.0204. The van der Waals surface area contributed by atoms with Gasteiger partial charge in [0.2, 0.25) is 10.0 Å². The van der Waals surface area contributed by atoms with E-state index in [1.807, 2.05) is 0 Å². The fourth-order valence-electron chi connectivity index (χ4n) is 1.68. The first-order valence-electron chi connectivity index (χ1n) is 6.00. The molecule has 7 heteroatoms. The van der Waals surface area contributed by atoms with Crippen molar-refractivity contribution in [3.63, 3.8) is 0 Å². The maximum atomic E-state index is 12.9. The lowest BCUT2D eigenvalue weighted by atomic mass is 10.2. The quantitative estimate of drug-likeness (QED) is 0.917. The number of halogens is 2. The zero-order valence-electron chi connectivity index (χ0n) is 11.1. The Balaban J connectivity index is 2.13. The Labute approximate surface area is 127 Å². The summed E-state index contributed by atoms with van der Waals surface area (Å²) in [7, 11) is -2.17. The SMILES string of the molecule is COc1ccc(S(=O)(=O)NCc2ccc(F)cc2Cl)cc1. The second kappa shape index (κ2) is 6.43. The van der Waals surface area contributed by atoms with E-state index < -0.39 is 15.8 Å². The Hall–Kier alpha value is -1.63. The predicted octanol–water partition coefficient (Wildman–Crippen LogP) is 2.97. The third-order valence-electron chi connectivity index (χ3n) is 2.84. The van der Waals surface area contributed by atoms with Crippen LogP contribution in [-0.4, -0.2) is 15.5 Å². The highest BCUT2D eigenvalue weighted by Crippen LogP contribution is 2.19. The van der Waals surface area contributed by atoms with Gasteiger partial charge in [-0.3, -0.25) is 0 Å². The number of sulfonamides is 1. The lowest BCUT2D eigenvalue weighted by Gasteiger charge is -2.09. The molecule has 0 aromatic heterocycles. The van der Waals surface area contributed by atoms with Crippen LogP contribution in [0.15, 0.2) is 47.4 Å². The lowest BCUT2D eigenvalue weighted by molar-refractivity contribution is 0.414. The maximum absolute atomic E-state index is 12.9. The largest absolute Gasteiger partial charge is 0.497 e. The molecule has 0 saturated heterocycles. The fraction of sp³-hybridized carbons (Fsp3) is 0.143. The van der Waals surface area contributed by atoms with Gasteiger partial charge in [0.05, 0.1) is 12.0 Å². The molecule has 0 amide bonds. The monoisotopic (exact) mass is 329 g/mol. The average Bonchev–Trinajstić information content (AvgIpc) is 2.46. The van der Waals surface area contributed by atoms with E-state index in [2.05, 4.69) is 4.72 Å². The molecular weight excluding hydrogens is 317 g/mol. The van der Waals surface area contributed by atoms with E-state index >= 15 is 0 Å². The van der Waals surface area contributed by atoms with E-state index in [0.29, 0.717) is 11.3 Å². The third kappa shape index (κ3) is 3.93. The van der Waals surface area contributed by atoms with Crippen LogP contribution < -0.4 is 9.46 Å². The standard InChI is InChI=1S/C14H13ClFNO3S/c1-20-12-4-6-13(7-5-12)21(18,19)17-9-10-2-3-11(16)8-14(10)15/h2-8,17H,9H2,1H3. The van der Waals surface area contributed by atoms with Crippen LogP contribution in [0.1, 0.15) is 5.56 Å². The molecule has 2 aromatic carbocycles. The average molecular weight is 330 g/mol. The van der Waals surface area contributed by atoms with Gasteiger partial charge in [-0.15, -0.1) is 0 Å². The van der Waals surface area contributed by atoms with Crippen molar-refractivity contribution in [2.24, 2.45) is 0 Å². The summed E-state index contributed by atoms with van der Waals surface area (Å²) in [6.45, 7) is -0.0204. The molecule has 0 unspecified atom stereocenters. The third-order valence-corrected chi connectivity index (χ3v) is 4.61. The molecule has 0 atom stereocenters. The number of nitrogens with one attached hydrogen (secondary N) is 1. The first-order chi connectivity index (χ1) is 9.92. The smallest absolute Gasteiger partial charge is 0.240 e. The number of methoxy groups -OCH3 is 1. The molecule has 0 aliphatic carbocycles. The van der Waals surface area contributed by atoms with Gasteiger partial charge in [-0.2, -0.15) is 0 Å². The molecule has 0 aliphatic rings. The second-order valence-electron chi connectivity index (χ2n) is 4.24. The zero-order chi connectivity index (χ0) is 15.5. The fourth-order valence-corrected chi connectivity index (χ4v) is 2.92. The highest BCUT2D eigenvalue weighted by atomic mass is 35.5. The van der Waals surface area contributed by atoms with E-state index in [-0.39, 0.29) is 16.5 Å². The van der Waals surface area contributed by atoms with Gasteiger partial charge >= 0.3 is 0 Å². The number of rotatable bonds is 5. The van der Waals surface area contributed by atoms with Gasteiger partial charge in [-0.1, -0.05) is 17.7 Å². The van der Waals surface area contributed by atoms with Gasteiger partial charge in [-0.05, 0) is 42.0 Å². The van der Waals surface area contributed by atoms with Gasteiger partial charge in [0.1, 0.15) is 11.6 Å². The molecule has 0 spiro atoms. The minimum atomic E-state index is -3.67. The van der Waals surface area contributed by atoms with Crippen molar-refractivity contribution in [2.45, 2.75) is 11.4 Å². The van der Waals surface area contributed by atoms with Crippen LogP contribution in [0.4, 0.5) is 4.39 Å². The van der Waals surface area contributed by atoms with Crippen LogP contribution in [0.5, 0.6) is 5.75 Å². The number of hydrogen-bond donors (Lipinski definition) is 1. The van der Waals surface area contributed by atoms with Gasteiger partial charge < -0.3 is 4.74 Å². The van der Waals surface area contributed by atoms with Crippen molar-refractivity contribution in [3.05, 3.63) is 58.9 Å². The molecule has 0 bridgehead atoms. The summed E-state index contributed by atoms with van der Waals surface area (Å²) >= 11 is 5.85. The number of hydrogen-bond acceptors (Lipinski definition) is 3. The van der Waals surface area contributed by atoms with Crippen LogP contribution in [0.2, 0.25) is 5.02 Å². The normalized spacial score (nSPS) is 11.4. The van der Waals surface area contributed by atoms with Gasteiger partial charge in [0.15, 0.2) is 0 Å². The van der Waals surface area contributed by atoms with Gasteiger partial charge in [0, 0.05) is 11.6 Å². The van der Waals surface area contributed by atoms with Crippen molar-refractivity contribution in [2.75, 3.05) is 7.11 Å². The second-order valence-corrected chi connectivity index (χ2v) is 6.41. The van der Waals surface area contributed by atoms with E-state index in [0.717, 1.165) is 6.07 Å². The highest BCUT2D eigenvalue weighted by molar-refractivity contribution is 7.89. The van der Waals surface area contributed by atoms with E-state index in [1.54, 1.807) is 12.1 Å². The highest BCUT2D eigenvalue weighted by Gasteiger charge is 2.14. The van der Waals surface area contributed by atoms with E-state index in [1.165, 1.54) is 31.4 Å². The van der Waals surface area contributed by atoms with Crippen molar-refractivity contribution in [1.29, 1.82) is 0 Å². The Kier molecular flexibility index (Phi) is 4.82. The number of ether oxygens (including phenoxy) is 1. The van der Waals surface area contributed by atoms with Crippen LogP contribution in [0.3, 0.4) is 0 Å². The molecular formula is C14H13ClFNO3S. The van der Waals surface area contributed by atoms with Crippen LogP contribution in [-0.2, 0) is 16.6 Å². The van der Waals surface area contributed by atoms with Crippen molar-refractivity contribution >= 4 is 21.6 Å². The Morgan fingerprint density at radius 3 is 2.43 bits per heavy atom. The number of benzene rings is 2.